The molecule has 1 aliphatic heterocycles. The SMILES string of the molecule is CCCC1=[C]N(c2ccccc2)C(OC)C(c2ccccc2)=C1C. The number of hydrogen-bond acceptors (Lipinski definition) is 2. The Labute approximate surface area is 145 Å². The van der Waals surface area contributed by atoms with E-state index in [0.29, 0.717) is 0 Å². The summed E-state index contributed by atoms with van der Waals surface area (Å²) in [5.41, 5.74) is 6.07. The number of benzene rings is 2. The Morgan fingerprint density at radius 2 is 1.62 bits per heavy atom. The molecule has 0 aromatic heterocycles. The minimum absolute atomic E-state index is 0.171. The lowest BCUT2D eigenvalue weighted by molar-refractivity contribution is 0.149. The third-order valence-corrected chi connectivity index (χ3v) is 4.44. The second-order valence-corrected chi connectivity index (χ2v) is 6.04. The van der Waals surface area contributed by atoms with E-state index in [4.69, 9.17) is 4.74 Å². The van der Waals surface area contributed by atoms with Crippen LogP contribution in [0.1, 0.15) is 32.3 Å². The predicted octanol–water partition coefficient (Wildman–Crippen LogP) is 5.44. The molecule has 0 fully saturated rings. The van der Waals surface area contributed by atoms with Crippen LogP contribution in [0.15, 0.2) is 71.8 Å². The van der Waals surface area contributed by atoms with E-state index in [1.165, 1.54) is 22.3 Å². The molecule has 0 saturated carbocycles. The van der Waals surface area contributed by atoms with Crippen molar-refractivity contribution in [1.82, 2.24) is 0 Å². The standard InChI is InChI=1S/C22H24NO/c1-4-11-19-16-23(20-14-9-6-10-15-20)22(24-3)21(17(19)2)18-12-7-5-8-13-18/h5-10,12-15,22H,4,11H2,1-3H3. The largest absolute Gasteiger partial charge is 0.357 e. The van der Waals surface area contributed by atoms with Crippen molar-refractivity contribution < 1.29 is 4.74 Å². The van der Waals surface area contributed by atoms with Crippen molar-refractivity contribution in [3.63, 3.8) is 0 Å². The highest BCUT2D eigenvalue weighted by Gasteiger charge is 2.30. The predicted molar refractivity (Wildman–Crippen MR) is 100 cm³/mol. The first-order chi connectivity index (χ1) is 11.8. The molecule has 24 heavy (non-hydrogen) atoms. The van der Waals surface area contributed by atoms with Gasteiger partial charge in [0.25, 0.3) is 0 Å². The van der Waals surface area contributed by atoms with Crippen molar-refractivity contribution in [3.8, 4) is 0 Å². The molecular weight excluding hydrogens is 294 g/mol. The van der Waals surface area contributed by atoms with Crippen LogP contribution in [-0.2, 0) is 4.74 Å². The average molecular weight is 318 g/mol. The lowest BCUT2D eigenvalue weighted by atomic mass is 9.89. The van der Waals surface area contributed by atoms with Crippen LogP contribution in [-0.4, -0.2) is 13.3 Å². The average Bonchev–Trinajstić information content (AvgIpc) is 2.64. The van der Waals surface area contributed by atoms with Gasteiger partial charge >= 0.3 is 0 Å². The van der Waals surface area contributed by atoms with Crippen LogP contribution in [0.2, 0.25) is 0 Å². The van der Waals surface area contributed by atoms with E-state index in [9.17, 15) is 0 Å². The van der Waals surface area contributed by atoms with E-state index in [1.807, 2.05) is 12.1 Å². The second-order valence-electron chi connectivity index (χ2n) is 6.04. The molecule has 2 nitrogen and oxygen atoms in total. The van der Waals surface area contributed by atoms with Crippen molar-refractivity contribution in [2.24, 2.45) is 0 Å². The molecule has 0 amide bonds. The number of para-hydroxylation sites is 1. The molecule has 3 rings (SSSR count). The van der Waals surface area contributed by atoms with E-state index >= 15 is 0 Å². The minimum atomic E-state index is -0.171. The first-order valence-corrected chi connectivity index (χ1v) is 8.52. The van der Waals surface area contributed by atoms with Crippen LogP contribution in [0.5, 0.6) is 0 Å². The molecule has 1 unspecified atom stereocenters. The lowest BCUT2D eigenvalue weighted by Crippen LogP contribution is -2.37. The number of rotatable bonds is 5. The van der Waals surface area contributed by atoms with Crippen molar-refractivity contribution in [3.05, 3.63) is 83.6 Å². The summed E-state index contributed by atoms with van der Waals surface area (Å²) in [5.74, 6) is 0. The zero-order valence-corrected chi connectivity index (χ0v) is 14.6. The maximum atomic E-state index is 5.91. The summed E-state index contributed by atoms with van der Waals surface area (Å²) >= 11 is 0. The summed E-state index contributed by atoms with van der Waals surface area (Å²) in [7, 11) is 1.77. The Bertz CT molecular complexity index is 731. The van der Waals surface area contributed by atoms with E-state index in [-0.39, 0.29) is 6.23 Å². The van der Waals surface area contributed by atoms with Crippen LogP contribution < -0.4 is 4.90 Å². The third kappa shape index (κ3) is 3.15. The molecule has 1 aliphatic rings. The van der Waals surface area contributed by atoms with E-state index in [2.05, 4.69) is 73.5 Å². The summed E-state index contributed by atoms with van der Waals surface area (Å²) < 4.78 is 5.91. The number of hydrogen-bond donors (Lipinski definition) is 0. The molecule has 0 bridgehead atoms. The van der Waals surface area contributed by atoms with Gasteiger partial charge in [-0.25, -0.2) is 0 Å². The van der Waals surface area contributed by atoms with Gasteiger partial charge in [0.15, 0.2) is 6.23 Å². The molecule has 123 valence electrons. The fraction of sp³-hybridized carbons (Fsp3) is 0.273. The molecule has 2 aromatic rings. The van der Waals surface area contributed by atoms with E-state index in [1.54, 1.807) is 7.11 Å². The Hall–Kier alpha value is -2.32. The van der Waals surface area contributed by atoms with Crippen LogP contribution >= 0.6 is 0 Å². The normalized spacial score (nSPS) is 17.9. The van der Waals surface area contributed by atoms with Crippen molar-refractivity contribution in [2.45, 2.75) is 32.9 Å². The van der Waals surface area contributed by atoms with E-state index in [0.717, 1.165) is 18.5 Å². The van der Waals surface area contributed by atoms with Crippen molar-refractivity contribution in [2.75, 3.05) is 12.0 Å². The lowest BCUT2D eigenvalue weighted by Gasteiger charge is -2.36. The van der Waals surface area contributed by atoms with Gasteiger partial charge in [0.05, 0.1) is 6.20 Å². The molecule has 2 heteroatoms. The second kappa shape index (κ2) is 7.50. The van der Waals surface area contributed by atoms with Crippen LogP contribution in [0, 0.1) is 6.20 Å². The Kier molecular flexibility index (Phi) is 5.17. The zero-order valence-electron chi connectivity index (χ0n) is 14.6. The fourth-order valence-corrected chi connectivity index (χ4v) is 3.25. The zero-order chi connectivity index (χ0) is 16.9. The molecule has 0 N–H and O–H groups in total. The van der Waals surface area contributed by atoms with Gasteiger partial charge in [-0.1, -0.05) is 61.9 Å². The summed E-state index contributed by atoms with van der Waals surface area (Å²) in [4.78, 5) is 2.13. The quantitative estimate of drug-likeness (QED) is 0.728. The highest BCUT2D eigenvalue weighted by atomic mass is 16.5. The van der Waals surface area contributed by atoms with Crippen LogP contribution in [0.3, 0.4) is 0 Å². The molecule has 1 heterocycles. The number of ether oxygens (including phenoxy) is 1. The Morgan fingerprint density at radius 1 is 1.00 bits per heavy atom. The number of allylic oxidation sites excluding steroid dienone is 2. The first-order valence-electron chi connectivity index (χ1n) is 8.52. The highest BCUT2D eigenvalue weighted by molar-refractivity contribution is 5.79. The van der Waals surface area contributed by atoms with Crippen molar-refractivity contribution >= 4 is 11.3 Å². The van der Waals surface area contributed by atoms with Gasteiger partial charge in [0, 0.05) is 18.4 Å². The summed E-state index contributed by atoms with van der Waals surface area (Å²) in [6, 6.07) is 20.9. The van der Waals surface area contributed by atoms with Gasteiger partial charge in [-0.3, -0.25) is 0 Å². The third-order valence-electron chi connectivity index (χ3n) is 4.44. The van der Waals surface area contributed by atoms with Gasteiger partial charge in [0.2, 0.25) is 0 Å². The Balaban J connectivity index is 2.13. The van der Waals surface area contributed by atoms with Gasteiger partial charge in [-0.15, -0.1) is 0 Å². The molecule has 0 saturated heterocycles. The molecule has 1 radical (unpaired) electrons. The maximum absolute atomic E-state index is 5.91. The van der Waals surface area contributed by atoms with Crippen molar-refractivity contribution in [1.29, 1.82) is 0 Å². The molecule has 0 spiro atoms. The summed E-state index contributed by atoms with van der Waals surface area (Å²) in [6.45, 7) is 4.40. The molecule has 1 atom stereocenters. The maximum Gasteiger partial charge on any atom is 0.161 e. The summed E-state index contributed by atoms with van der Waals surface area (Å²) in [5, 5.41) is 0. The van der Waals surface area contributed by atoms with Crippen LogP contribution in [0.4, 0.5) is 5.69 Å². The van der Waals surface area contributed by atoms with Gasteiger partial charge in [0.1, 0.15) is 0 Å². The Morgan fingerprint density at radius 3 is 2.21 bits per heavy atom. The molecule has 2 aromatic carbocycles. The van der Waals surface area contributed by atoms with E-state index < -0.39 is 0 Å². The van der Waals surface area contributed by atoms with Gasteiger partial charge in [-0.05, 0) is 42.2 Å². The number of methoxy groups -OCH3 is 1. The monoisotopic (exact) mass is 318 g/mol. The summed E-state index contributed by atoms with van der Waals surface area (Å²) in [6.07, 6.45) is 5.53. The smallest absolute Gasteiger partial charge is 0.161 e. The van der Waals surface area contributed by atoms with Gasteiger partial charge in [-0.2, -0.15) is 0 Å². The minimum Gasteiger partial charge on any atom is -0.357 e. The fourth-order valence-electron chi connectivity index (χ4n) is 3.25. The molecule has 0 aliphatic carbocycles. The number of anilines is 1. The topological polar surface area (TPSA) is 12.5 Å². The first kappa shape index (κ1) is 16.5. The molecular formula is C22H24NO. The van der Waals surface area contributed by atoms with Gasteiger partial charge < -0.3 is 9.64 Å². The van der Waals surface area contributed by atoms with Crippen LogP contribution in [0.25, 0.3) is 5.57 Å². The number of nitrogens with zero attached hydrogens (tertiary/aromatic N) is 1. The highest BCUT2D eigenvalue weighted by Crippen LogP contribution is 2.37.